The van der Waals surface area contributed by atoms with Crippen LogP contribution in [0.3, 0.4) is 0 Å². The normalized spacial score (nSPS) is 18.6. The highest BCUT2D eigenvalue weighted by atomic mass is 31.1. The van der Waals surface area contributed by atoms with Crippen LogP contribution in [-0.4, -0.2) is 8.07 Å². The van der Waals surface area contributed by atoms with Crippen LogP contribution in [0.4, 0.5) is 0 Å². The summed E-state index contributed by atoms with van der Waals surface area (Å²) in [4.78, 5) is 1.79. The predicted molar refractivity (Wildman–Crippen MR) is 89.7 cm³/mol. The molecule has 1 aliphatic rings. The predicted octanol–water partition coefficient (Wildman–Crippen LogP) is 5.05. The summed E-state index contributed by atoms with van der Waals surface area (Å²) < 4.78 is 0. The van der Waals surface area contributed by atoms with E-state index in [1.165, 1.54) is 10.9 Å². The maximum absolute atomic E-state index is 2.47. The maximum atomic E-state index is 2.47. The molecule has 0 amide bonds. The molecular formula is C17H19PSi. The van der Waals surface area contributed by atoms with Crippen LogP contribution in [0.1, 0.15) is 5.56 Å². The van der Waals surface area contributed by atoms with E-state index in [9.17, 15) is 0 Å². The fourth-order valence-corrected chi connectivity index (χ4v) is 9.99. The Morgan fingerprint density at radius 3 is 1.79 bits per heavy atom. The Morgan fingerprint density at radius 1 is 0.737 bits per heavy atom. The first-order chi connectivity index (χ1) is 9.09. The van der Waals surface area contributed by atoms with Gasteiger partial charge in [0, 0.05) is 0 Å². The molecule has 0 bridgehead atoms. The van der Waals surface area contributed by atoms with Crippen molar-refractivity contribution in [3.63, 3.8) is 0 Å². The second-order valence-electron chi connectivity index (χ2n) is 5.98. The van der Waals surface area contributed by atoms with Crippen LogP contribution < -0.4 is 5.30 Å². The average molecular weight is 282 g/mol. The molecule has 0 aromatic heterocycles. The molecule has 2 aromatic carbocycles. The molecule has 0 N–H and O–H groups in total. The van der Waals surface area contributed by atoms with Crippen molar-refractivity contribution in [1.29, 1.82) is 0 Å². The van der Waals surface area contributed by atoms with E-state index in [-0.39, 0.29) is 7.92 Å². The Labute approximate surface area is 117 Å². The monoisotopic (exact) mass is 282 g/mol. The van der Waals surface area contributed by atoms with Crippen molar-refractivity contribution in [2.75, 3.05) is 0 Å². The molecular weight excluding hydrogens is 263 g/mol. The zero-order valence-corrected chi connectivity index (χ0v) is 13.6. The summed E-state index contributed by atoms with van der Waals surface area (Å²) in [5.41, 5.74) is 1.44. The summed E-state index contributed by atoms with van der Waals surface area (Å²) in [6.07, 6.45) is 0. The molecule has 2 heteroatoms. The van der Waals surface area contributed by atoms with Crippen LogP contribution in [-0.2, 0) is 0 Å². The molecule has 1 atom stereocenters. The van der Waals surface area contributed by atoms with Crippen LogP contribution in [0, 0.1) is 0 Å². The third-order valence-corrected chi connectivity index (χ3v) is 10.1. The van der Waals surface area contributed by atoms with Gasteiger partial charge in [-0.05, 0) is 29.0 Å². The van der Waals surface area contributed by atoms with Crippen LogP contribution >= 0.6 is 7.92 Å². The van der Waals surface area contributed by atoms with Crippen LogP contribution in [0.2, 0.25) is 19.6 Å². The van der Waals surface area contributed by atoms with Crippen LogP contribution in [0.5, 0.6) is 0 Å². The van der Waals surface area contributed by atoms with E-state index in [1.54, 1.807) is 10.3 Å². The van der Waals surface area contributed by atoms with Gasteiger partial charge >= 0.3 is 0 Å². The average Bonchev–Trinajstić information content (AvgIpc) is 3.16. The SMILES string of the molecule is C[Si](C)(C)C1=C(c2ccccc2)P1c1ccccc1. The molecule has 19 heavy (non-hydrogen) atoms. The quantitative estimate of drug-likeness (QED) is 0.545. The first kappa shape index (κ1) is 12.8. The summed E-state index contributed by atoms with van der Waals surface area (Å²) >= 11 is 0. The van der Waals surface area contributed by atoms with E-state index in [2.05, 4.69) is 80.3 Å². The highest BCUT2D eigenvalue weighted by Gasteiger charge is 2.45. The van der Waals surface area contributed by atoms with Gasteiger partial charge in [0.25, 0.3) is 0 Å². The van der Waals surface area contributed by atoms with E-state index in [0.717, 1.165) is 0 Å². The summed E-state index contributed by atoms with van der Waals surface area (Å²) in [6, 6.07) is 22.0. The smallest absolute Gasteiger partial charge is 0.0655 e. The largest absolute Gasteiger partial charge is 0.0799 e. The van der Waals surface area contributed by atoms with E-state index >= 15 is 0 Å². The van der Waals surface area contributed by atoms with Gasteiger partial charge in [0.2, 0.25) is 0 Å². The fraction of sp³-hybridized carbons (Fsp3) is 0.176. The number of hydrogen-bond donors (Lipinski definition) is 0. The van der Waals surface area contributed by atoms with Gasteiger partial charge in [-0.3, -0.25) is 0 Å². The van der Waals surface area contributed by atoms with Gasteiger partial charge in [0.15, 0.2) is 0 Å². The molecule has 96 valence electrons. The molecule has 1 heterocycles. The lowest BCUT2D eigenvalue weighted by Crippen LogP contribution is -2.18. The summed E-state index contributed by atoms with van der Waals surface area (Å²) in [7, 11) is -1.35. The highest BCUT2D eigenvalue weighted by molar-refractivity contribution is 7.91. The topological polar surface area (TPSA) is 0 Å². The molecule has 0 radical (unpaired) electrons. The Hall–Kier alpha value is -1.17. The lowest BCUT2D eigenvalue weighted by atomic mass is 10.2. The first-order valence-corrected chi connectivity index (χ1v) is 11.6. The van der Waals surface area contributed by atoms with Crippen LogP contribution in [0.25, 0.3) is 5.31 Å². The minimum absolute atomic E-state index is 0.142. The van der Waals surface area contributed by atoms with Crippen molar-refractivity contribution in [2.45, 2.75) is 19.6 Å². The Balaban J connectivity index is 2.02. The van der Waals surface area contributed by atoms with Crippen molar-refractivity contribution in [3.8, 4) is 0 Å². The van der Waals surface area contributed by atoms with E-state index in [0.29, 0.717) is 0 Å². The second kappa shape index (κ2) is 4.74. The summed E-state index contributed by atoms with van der Waals surface area (Å²) in [6.45, 7) is 7.41. The van der Waals surface area contributed by atoms with Crippen molar-refractivity contribution < 1.29 is 0 Å². The van der Waals surface area contributed by atoms with Gasteiger partial charge in [0.05, 0.1) is 8.07 Å². The number of rotatable bonds is 3. The molecule has 3 rings (SSSR count). The standard InChI is InChI=1S/C17H19PSi/c1-19(2,3)17-16(14-10-6-4-7-11-14)18(17)15-12-8-5-9-13-15/h4-13H,1-3H3. The molecule has 0 fully saturated rings. The van der Waals surface area contributed by atoms with Gasteiger partial charge in [-0.1, -0.05) is 80.3 Å². The first-order valence-electron chi connectivity index (χ1n) is 6.74. The fourth-order valence-electron chi connectivity index (χ4n) is 2.55. The summed E-state index contributed by atoms with van der Waals surface area (Å²) in [5, 5.41) is 3.18. The lowest BCUT2D eigenvalue weighted by molar-refractivity contribution is 1.66. The minimum Gasteiger partial charge on any atom is -0.0655 e. The van der Waals surface area contributed by atoms with E-state index in [4.69, 9.17) is 0 Å². The Morgan fingerprint density at radius 2 is 1.26 bits per heavy atom. The maximum Gasteiger partial charge on any atom is 0.0799 e. The van der Waals surface area contributed by atoms with Crippen molar-refractivity contribution in [3.05, 3.63) is 71.2 Å². The lowest BCUT2D eigenvalue weighted by Gasteiger charge is -2.13. The Kier molecular flexibility index (Phi) is 3.20. The third kappa shape index (κ3) is 2.45. The minimum atomic E-state index is -1.21. The van der Waals surface area contributed by atoms with Gasteiger partial charge in [-0.15, -0.1) is 0 Å². The van der Waals surface area contributed by atoms with Gasteiger partial charge in [-0.25, -0.2) is 0 Å². The van der Waals surface area contributed by atoms with Crippen molar-refractivity contribution in [2.24, 2.45) is 0 Å². The van der Waals surface area contributed by atoms with E-state index < -0.39 is 8.07 Å². The molecule has 1 unspecified atom stereocenters. The van der Waals surface area contributed by atoms with Gasteiger partial charge in [0.1, 0.15) is 0 Å². The van der Waals surface area contributed by atoms with Gasteiger partial charge < -0.3 is 0 Å². The van der Waals surface area contributed by atoms with Crippen LogP contribution in [0.15, 0.2) is 65.6 Å². The molecule has 0 saturated carbocycles. The highest BCUT2D eigenvalue weighted by Crippen LogP contribution is 2.75. The number of hydrogen-bond acceptors (Lipinski definition) is 0. The second-order valence-corrected chi connectivity index (χ2v) is 13.5. The molecule has 0 spiro atoms. The molecule has 0 nitrogen and oxygen atoms in total. The van der Waals surface area contributed by atoms with Crippen molar-refractivity contribution in [1.82, 2.24) is 0 Å². The molecule has 1 aliphatic heterocycles. The Bertz CT molecular complexity index is 609. The third-order valence-electron chi connectivity index (χ3n) is 3.39. The molecule has 0 aliphatic carbocycles. The zero-order valence-electron chi connectivity index (χ0n) is 11.7. The summed E-state index contributed by atoms with van der Waals surface area (Å²) in [5.74, 6) is 0. The van der Waals surface area contributed by atoms with Crippen molar-refractivity contribution >= 4 is 26.6 Å². The number of benzene rings is 2. The van der Waals surface area contributed by atoms with E-state index in [1.807, 2.05) is 0 Å². The molecule has 2 aromatic rings. The van der Waals surface area contributed by atoms with Gasteiger partial charge in [-0.2, -0.15) is 0 Å². The zero-order chi connectivity index (χ0) is 13.5. The molecule has 0 saturated heterocycles.